The largest absolute Gasteiger partial charge is 0.424 e. The molecular formula is C13H15F3O5. The molecule has 1 fully saturated rings. The van der Waals surface area contributed by atoms with Gasteiger partial charge in [-0.1, -0.05) is 30.3 Å². The molecule has 2 rings (SSSR count). The van der Waals surface area contributed by atoms with E-state index in [0.717, 1.165) is 0 Å². The van der Waals surface area contributed by atoms with Gasteiger partial charge in [0.05, 0.1) is 13.2 Å². The molecule has 0 amide bonds. The van der Waals surface area contributed by atoms with Gasteiger partial charge in [-0.25, -0.2) is 0 Å². The van der Waals surface area contributed by atoms with E-state index in [0.29, 0.717) is 5.56 Å². The fraction of sp³-hybridized carbons (Fsp3) is 0.538. The van der Waals surface area contributed by atoms with Gasteiger partial charge in [-0.3, -0.25) is 0 Å². The molecule has 21 heavy (non-hydrogen) atoms. The molecule has 1 aromatic carbocycles. The molecule has 0 aromatic heterocycles. The summed E-state index contributed by atoms with van der Waals surface area (Å²) in [4.78, 5) is 0. The average Bonchev–Trinajstić information content (AvgIpc) is 2.44. The van der Waals surface area contributed by atoms with E-state index in [4.69, 9.17) is 9.47 Å². The van der Waals surface area contributed by atoms with Crippen LogP contribution in [0, 0.1) is 0 Å². The number of alkyl halides is 3. The topological polar surface area (TPSA) is 79.2 Å². The zero-order valence-electron chi connectivity index (χ0n) is 10.8. The lowest BCUT2D eigenvalue weighted by Crippen LogP contribution is -2.70. The van der Waals surface area contributed by atoms with Crippen LogP contribution in [0.15, 0.2) is 30.3 Å². The molecule has 5 nitrogen and oxygen atoms in total. The van der Waals surface area contributed by atoms with E-state index in [-0.39, 0.29) is 6.61 Å². The number of benzene rings is 1. The second-order valence-electron chi connectivity index (χ2n) is 4.80. The third kappa shape index (κ3) is 3.04. The van der Waals surface area contributed by atoms with Crippen LogP contribution in [-0.2, 0) is 16.1 Å². The van der Waals surface area contributed by atoms with E-state index in [9.17, 15) is 28.5 Å². The lowest BCUT2D eigenvalue weighted by Gasteiger charge is -2.45. The third-order valence-electron chi connectivity index (χ3n) is 3.29. The van der Waals surface area contributed by atoms with Crippen LogP contribution in [0.3, 0.4) is 0 Å². The van der Waals surface area contributed by atoms with Gasteiger partial charge in [-0.05, 0) is 5.56 Å². The monoisotopic (exact) mass is 308 g/mol. The maximum atomic E-state index is 13.0. The molecule has 1 aliphatic rings. The predicted octanol–water partition coefficient (Wildman–Crippen LogP) is 0.575. The van der Waals surface area contributed by atoms with Gasteiger partial charge in [-0.2, -0.15) is 13.2 Å². The zero-order chi connectivity index (χ0) is 15.7. The van der Waals surface area contributed by atoms with E-state index < -0.39 is 36.9 Å². The Bertz CT molecular complexity index is 467. The van der Waals surface area contributed by atoms with E-state index in [1.54, 1.807) is 30.3 Å². The summed E-state index contributed by atoms with van der Waals surface area (Å²) in [6, 6.07) is 8.33. The molecule has 4 atom stereocenters. The normalized spacial score (nSPS) is 33.9. The predicted molar refractivity (Wildman–Crippen MR) is 64.0 cm³/mol. The smallest absolute Gasteiger partial charge is 0.388 e. The fourth-order valence-electron chi connectivity index (χ4n) is 2.06. The van der Waals surface area contributed by atoms with Crippen LogP contribution in [-0.4, -0.2) is 52.2 Å². The van der Waals surface area contributed by atoms with Crippen molar-refractivity contribution in [2.75, 3.05) is 6.61 Å². The highest BCUT2D eigenvalue weighted by Crippen LogP contribution is 2.41. The Morgan fingerprint density at radius 1 is 1.24 bits per heavy atom. The van der Waals surface area contributed by atoms with Crippen molar-refractivity contribution in [2.45, 2.75) is 36.9 Å². The summed E-state index contributed by atoms with van der Waals surface area (Å²) in [6.45, 7) is -0.814. The van der Waals surface area contributed by atoms with Gasteiger partial charge in [0.2, 0.25) is 5.60 Å². The molecule has 1 aromatic rings. The van der Waals surface area contributed by atoms with Crippen LogP contribution >= 0.6 is 0 Å². The number of hydrogen-bond acceptors (Lipinski definition) is 5. The molecule has 1 aliphatic heterocycles. The number of hydrogen-bond donors (Lipinski definition) is 3. The minimum atomic E-state index is -5.23. The molecule has 0 spiro atoms. The Labute approximate surface area is 118 Å². The number of rotatable bonds is 3. The van der Waals surface area contributed by atoms with Crippen LogP contribution in [0.5, 0.6) is 0 Å². The average molecular weight is 308 g/mol. The SMILES string of the molecule is O[C@@H]1CO[C@@H](OCc2ccccc2)[C@@](O)(C(F)(F)F)[C@@H]1O. The first kappa shape index (κ1) is 16.2. The van der Waals surface area contributed by atoms with Gasteiger partial charge in [-0.15, -0.1) is 0 Å². The van der Waals surface area contributed by atoms with Gasteiger partial charge in [0.1, 0.15) is 12.2 Å². The Morgan fingerprint density at radius 3 is 2.43 bits per heavy atom. The zero-order valence-corrected chi connectivity index (χ0v) is 10.8. The molecule has 3 N–H and O–H groups in total. The van der Waals surface area contributed by atoms with Crippen LogP contribution < -0.4 is 0 Å². The van der Waals surface area contributed by atoms with Crippen LogP contribution in [0.2, 0.25) is 0 Å². The number of aliphatic hydroxyl groups excluding tert-OH is 2. The van der Waals surface area contributed by atoms with Crippen molar-refractivity contribution in [3.63, 3.8) is 0 Å². The van der Waals surface area contributed by atoms with Crippen molar-refractivity contribution in [2.24, 2.45) is 0 Å². The lowest BCUT2D eigenvalue weighted by molar-refractivity contribution is -0.399. The van der Waals surface area contributed by atoms with E-state index in [2.05, 4.69) is 0 Å². The molecule has 0 saturated carbocycles. The quantitative estimate of drug-likeness (QED) is 0.761. The van der Waals surface area contributed by atoms with Gasteiger partial charge in [0.25, 0.3) is 0 Å². The highest BCUT2D eigenvalue weighted by molar-refractivity contribution is 5.13. The summed E-state index contributed by atoms with van der Waals surface area (Å²) >= 11 is 0. The van der Waals surface area contributed by atoms with Crippen molar-refractivity contribution < 1.29 is 38.0 Å². The summed E-state index contributed by atoms with van der Waals surface area (Å²) < 4.78 is 48.8. The van der Waals surface area contributed by atoms with Crippen molar-refractivity contribution in [3.05, 3.63) is 35.9 Å². The molecule has 0 aliphatic carbocycles. The Hall–Kier alpha value is -1.19. The molecule has 118 valence electrons. The van der Waals surface area contributed by atoms with Crippen LogP contribution in [0.4, 0.5) is 13.2 Å². The van der Waals surface area contributed by atoms with Crippen molar-refractivity contribution in [1.82, 2.24) is 0 Å². The second kappa shape index (κ2) is 5.90. The highest BCUT2D eigenvalue weighted by Gasteiger charge is 2.68. The molecule has 8 heteroatoms. The maximum Gasteiger partial charge on any atom is 0.424 e. The summed E-state index contributed by atoms with van der Waals surface area (Å²) in [5.74, 6) is 0. The van der Waals surface area contributed by atoms with Gasteiger partial charge >= 0.3 is 6.18 Å². The fourth-order valence-corrected chi connectivity index (χ4v) is 2.06. The number of halogens is 3. The highest BCUT2D eigenvalue weighted by atomic mass is 19.4. The first-order valence-electron chi connectivity index (χ1n) is 6.19. The second-order valence-corrected chi connectivity index (χ2v) is 4.80. The van der Waals surface area contributed by atoms with Gasteiger partial charge in [0, 0.05) is 0 Å². The molecular weight excluding hydrogens is 293 g/mol. The van der Waals surface area contributed by atoms with Crippen molar-refractivity contribution in [1.29, 1.82) is 0 Å². The van der Waals surface area contributed by atoms with Crippen molar-refractivity contribution in [3.8, 4) is 0 Å². The minimum absolute atomic E-state index is 0.243. The Balaban J connectivity index is 2.16. The summed E-state index contributed by atoms with van der Waals surface area (Å²) in [7, 11) is 0. The van der Waals surface area contributed by atoms with Gasteiger partial charge < -0.3 is 24.8 Å². The first-order chi connectivity index (χ1) is 9.76. The minimum Gasteiger partial charge on any atom is -0.388 e. The number of aliphatic hydroxyl groups is 3. The van der Waals surface area contributed by atoms with Crippen LogP contribution in [0.25, 0.3) is 0 Å². The molecule has 0 radical (unpaired) electrons. The lowest BCUT2D eigenvalue weighted by atomic mass is 9.89. The van der Waals surface area contributed by atoms with E-state index in [1.807, 2.05) is 0 Å². The first-order valence-corrected chi connectivity index (χ1v) is 6.19. The third-order valence-corrected chi connectivity index (χ3v) is 3.29. The Kier molecular flexibility index (Phi) is 4.54. The van der Waals surface area contributed by atoms with E-state index >= 15 is 0 Å². The summed E-state index contributed by atoms with van der Waals surface area (Å²) in [5.41, 5.74) is -3.12. The standard InChI is InChI=1S/C13H15F3O5/c14-13(15,16)12(19)10(18)9(17)7-21-11(12)20-6-8-4-2-1-3-5-8/h1-5,9-11,17-19H,6-7H2/t9-,10-,11-,12-/m1/s1. The summed E-state index contributed by atoms with van der Waals surface area (Å²) in [5, 5.41) is 28.6. The molecule has 0 unspecified atom stereocenters. The number of ether oxygens (including phenoxy) is 2. The molecule has 0 bridgehead atoms. The molecule has 1 heterocycles. The van der Waals surface area contributed by atoms with Crippen molar-refractivity contribution >= 4 is 0 Å². The maximum absolute atomic E-state index is 13.0. The molecule has 1 saturated heterocycles. The Morgan fingerprint density at radius 2 is 1.86 bits per heavy atom. The van der Waals surface area contributed by atoms with Crippen LogP contribution in [0.1, 0.15) is 5.56 Å². The van der Waals surface area contributed by atoms with E-state index in [1.165, 1.54) is 0 Å². The van der Waals surface area contributed by atoms with Gasteiger partial charge in [0.15, 0.2) is 6.29 Å². The summed E-state index contributed by atoms with van der Waals surface area (Å²) in [6.07, 6.45) is -11.7.